The quantitative estimate of drug-likeness (QED) is 0.863. The van der Waals surface area contributed by atoms with Gasteiger partial charge in [-0.15, -0.1) is 0 Å². The summed E-state index contributed by atoms with van der Waals surface area (Å²) in [6.45, 7) is 13.2. The highest BCUT2D eigenvalue weighted by molar-refractivity contribution is 5.93. The number of nitrogens with zero attached hydrogens (tertiary/aromatic N) is 1. The Hall–Kier alpha value is -1.98. The minimum Gasteiger partial charge on any atom is -0.462 e. The highest BCUT2D eigenvalue weighted by atomic mass is 16.6. The van der Waals surface area contributed by atoms with Gasteiger partial charge in [-0.25, -0.2) is 15.0 Å². The standard InChI is InChI=1S/C16H26N2O4/c1-8-21-14(19)13-11(4)18(9-12(13)10(2)3)17-15(20)22-16(5,6)7/h9-10H,8H2,1-7H3,(H,17,20). The van der Waals surface area contributed by atoms with Crippen LogP contribution in [0.3, 0.4) is 0 Å². The molecule has 1 aromatic rings. The zero-order valence-corrected chi connectivity index (χ0v) is 14.4. The number of aromatic nitrogens is 1. The number of hydrogen-bond acceptors (Lipinski definition) is 4. The van der Waals surface area contributed by atoms with Crippen molar-refractivity contribution in [2.45, 2.75) is 60.0 Å². The summed E-state index contributed by atoms with van der Waals surface area (Å²) >= 11 is 0. The molecular formula is C16H26N2O4. The summed E-state index contributed by atoms with van der Waals surface area (Å²) < 4.78 is 11.8. The first-order valence-electron chi connectivity index (χ1n) is 7.45. The van der Waals surface area contributed by atoms with E-state index >= 15 is 0 Å². The molecule has 22 heavy (non-hydrogen) atoms. The minimum atomic E-state index is -0.587. The summed E-state index contributed by atoms with van der Waals surface area (Å²) in [6.07, 6.45) is 1.16. The van der Waals surface area contributed by atoms with Gasteiger partial charge in [0.15, 0.2) is 0 Å². The van der Waals surface area contributed by atoms with Gasteiger partial charge < -0.3 is 9.47 Å². The first-order chi connectivity index (χ1) is 10.1. The molecule has 1 aromatic heterocycles. The average molecular weight is 310 g/mol. The van der Waals surface area contributed by atoms with E-state index in [-0.39, 0.29) is 11.9 Å². The lowest BCUT2D eigenvalue weighted by Crippen LogP contribution is -2.31. The van der Waals surface area contributed by atoms with E-state index in [2.05, 4.69) is 5.43 Å². The van der Waals surface area contributed by atoms with Crippen molar-refractivity contribution >= 4 is 12.1 Å². The molecule has 1 rings (SSSR count). The van der Waals surface area contributed by atoms with E-state index in [1.54, 1.807) is 40.8 Å². The Labute approximate surface area is 131 Å². The fraction of sp³-hybridized carbons (Fsp3) is 0.625. The van der Waals surface area contributed by atoms with E-state index in [1.165, 1.54) is 4.68 Å². The molecule has 0 fully saturated rings. The van der Waals surface area contributed by atoms with E-state index in [0.717, 1.165) is 5.56 Å². The van der Waals surface area contributed by atoms with Gasteiger partial charge in [0, 0.05) is 6.20 Å². The minimum absolute atomic E-state index is 0.125. The molecule has 0 saturated carbocycles. The number of carbonyl (C=O) groups is 2. The van der Waals surface area contributed by atoms with E-state index in [4.69, 9.17) is 9.47 Å². The second-order valence-corrected chi connectivity index (χ2v) is 6.40. The molecule has 1 N–H and O–H groups in total. The van der Waals surface area contributed by atoms with Crippen LogP contribution < -0.4 is 5.43 Å². The molecule has 124 valence electrons. The van der Waals surface area contributed by atoms with Gasteiger partial charge in [0.1, 0.15) is 5.60 Å². The Balaban J connectivity index is 3.10. The normalized spacial score (nSPS) is 11.5. The maximum absolute atomic E-state index is 12.1. The largest absolute Gasteiger partial charge is 0.462 e. The number of amides is 1. The van der Waals surface area contributed by atoms with Crippen LogP contribution in [0.1, 0.15) is 69.1 Å². The molecular weight excluding hydrogens is 284 g/mol. The second kappa shape index (κ2) is 6.85. The van der Waals surface area contributed by atoms with Crippen LogP contribution >= 0.6 is 0 Å². The van der Waals surface area contributed by atoms with Crippen LogP contribution in [0.25, 0.3) is 0 Å². The molecule has 6 nitrogen and oxygen atoms in total. The molecule has 0 saturated heterocycles. The number of rotatable bonds is 4. The van der Waals surface area contributed by atoms with Gasteiger partial charge in [0.2, 0.25) is 0 Å². The van der Waals surface area contributed by atoms with Crippen LogP contribution in [0.4, 0.5) is 4.79 Å². The maximum Gasteiger partial charge on any atom is 0.426 e. The maximum atomic E-state index is 12.1. The molecule has 0 aliphatic heterocycles. The third-order valence-electron chi connectivity index (χ3n) is 2.99. The third kappa shape index (κ3) is 4.51. The predicted octanol–water partition coefficient (Wildman–Crippen LogP) is 3.58. The topological polar surface area (TPSA) is 69.6 Å². The number of carbonyl (C=O) groups excluding carboxylic acids is 2. The van der Waals surface area contributed by atoms with Crippen molar-refractivity contribution < 1.29 is 19.1 Å². The van der Waals surface area contributed by atoms with Crippen LogP contribution in [0.5, 0.6) is 0 Å². The van der Waals surface area contributed by atoms with Gasteiger partial charge in [-0.2, -0.15) is 0 Å². The molecule has 1 heterocycles. The highest BCUT2D eigenvalue weighted by Crippen LogP contribution is 2.25. The monoisotopic (exact) mass is 310 g/mol. The van der Waals surface area contributed by atoms with Gasteiger partial charge in [-0.3, -0.25) is 4.68 Å². The molecule has 0 aliphatic rings. The van der Waals surface area contributed by atoms with Gasteiger partial charge in [-0.05, 0) is 46.1 Å². The molecule has 0 atom stereocenters. The van der Waals surface area contributed by atoms with Crippen LogP contribution in [0, 0.1) is 6.92 Å². The third-order valence-corrected chi connectivity index (χ3v) is 2.99. The van der Waals surface area contributed by atoms with Crippen molar-refractivity contribution in [3.63, 3.8) is 0 Å². The molecule has 0 spiro atoms. The van der Waals surface area contributed by atoms with Crippen molar-refractivity contribution in [1.29, 1.82) is 0 Å². The van der Waals surface area contributed by atoms with Gasteiger partial charge in [0.05, 0.1) is 17.9 Å². The van der Waals surface area contributed by atoms with Crippen LogP contribution in [-0.4, -0.2) is 28.9 Å². The molecule has 0 aliphatic carbocycles. The van der Waals surface area contributed by atoms with Crippen molar-refractivity contribution in [3.8, 4) is 0 Å². The first kappa shape index (κ1) is 18.1. The summed E-state index contributed by atoms with van der Waals surface area (Å²) in [5, 5.41) is 0. The van der Waals surface area contributed by atoms with Crippen molar-refractivity contribution in [3.05, 3.63) is 23.0 Å². The summed E-state index contributed by atoms with van der Waals surface area (Å²) in [5.41, 5.74) is 3.98. The average Bonchev–Trinajstić information content (AvgIpc) is 2.65. The van der Waals surface area contributed by atoms with Gasteiger partial charge in [-0.1, -0.05) is 13.8 Å². The Morgan fingerprint density at radius 2 is 1.91 bits per heavy atom. The number of esters is 1. The molecule has 0 radical (unpaired) electrons. The number of nitrogens with one attached hydrogen (secondary N) is 1. The van der Waals surface area contributed by atoms with Crippen LogP contribution in [-0.2, 0) is 9.47 Å². The molecule has 0 unspecified atom stereocenters. The predicted molar refractivity (Wildman–Crippen MR) is 84.8 cm³/mol. The Bertz CT molecular complexity index is 553. The lowest BCUT2D eigenvalue weighted by Gasteiger charge is -2.20. The zero-order valence-electron chi connectivity index (χ0n) is 14.4. The van der Waals surface area contributed by atoms with Crippen molar-refractivity contribution in [2.75, 3.05) is 12.0 Å². The summed E-state index contributed by atoms with van der Waals surface area (Å²) in [6, 6.07) is 0. The van der Waals surface area contributed by atoms with Crippen LogP contribution in [0.2, 0.25) is 0 Å². The first-order valence-corrected chi connectivity index (χ1v) is 7.45. The molecule has 6 heteroatoms. The lowest BCUT2D eigenvalue weighted by molar-refractivity contribution is 0.0521. The molecule has 1 amide bonds. The van der Waals surface area contributed by atoms with E-state index < -0.39 is 11.7 Å². The molecule has 0 bridgehead atoms. The lowest BCUT2D eigenvalue weighted by atomic mass is 10.0. The fourth-order valence-corrected chi connectivity index (χ4v) is 2.05. The van der Waals surface area contributed by atoms with Gasteiger partial charge in [0.25, 0.3) is 0 Å². The zero-order chi connectivity index (χ0) is 17.1. The van der Waals surface area contributed by atoms with E-state index in [9.17, 15) is 9.59 Å². The number of hydrogen-bond donors (Lipinski definition) is 1. The fourth-order valence-electron chi connectivity index (χ4n) is 2.05. The van der Waals surface area contributed by atoms with E-state index in [0.29, 0.717) is 17.9 Å². The Morgan fingerprint density at radius 3 is 2.36 bits per heavy atom. The van der Waals surface area contributed by atoms with Crippen molar-refractivity contribution in [1.82, 2.24) is 4.68 Å². The number of ether oxygens (including phenoxy) is 2. The highest BCUT2D eigenvalue weighted by Gasteiger charge is 2.24. The summed E-state index contributed by atoms with van der Waals surface area (Å²) in [5.74, 6) is -0.256. The Morgan fingerprint density at radius 1 is 1.32 bits per heavy atom. The molecule has 0 aromatic carbocycles. The second-order valence-electron chi connectivity index (χ2n) is 6.40. The summed E-state index contributed by atoms with van der Waals surface area (Å²) in [7, 11) is 0. The van der Waals surface area contributed by atoms with Gasteiger partial charge >= 0.3 is 12.1 Å². The van der Waals surface area contributed by atoms with E-state index in [1.807, 2.05) is 13.8 Å². The van der Waals surface area contributed by atoms with Crippen molar-refractivity contribution in [2.24, 2.45) is 0 Å². The van der Waals surface area contributed by atoms with Crippen LogP contribution in [0.15, 0.2) is 6.20 Å². The SMILES string of the molecule is CCOC(=O)c1c(C(C)C)cn(NC(=O)OC(C)(C)C)c1C. The smallest absolute Gasteiger partial charge is 0.426 e. The Kier molecular flexibility index (Phi) is 5.63. The summed E-state index contributed by atoms with van der Waals surface area (Å²) in [4.78, 5) is 24.0.